The largest absolute Gasteiger partial charge is 0.304 e. The smallest absolute Gasteiger partial charge is 0.304 e. The molecule has 0 aromatic carbocycles. The van der Waals surface area contributed by atoms with Crippen LogP contribution in [0.15, 0.2) is 0 Å². The summed E-state index contributed by atoms with van der Waals surface area (Å²) in [4.78, 5) is 0. The highest BCUT2D eigenvalue weighted by Crippen LogP contribution is 2.30. The summed E-state index contributed by atoms with van der Waals surface area (Å²) in [6.45, 7) is 6.22. The van der Waals surface area contributed by atoms with Crippen molar-refractivity contribution in [2.24, 2.45) is 0 Å². The van der Waals surface area contributed by atoms with Gasteiger partial charge in [0.05, 0.1) is 5.88 Å². The Balaban J connectivity index is 3.37. The molecule has 15 heavy (non-hydrogen) atoms. The van der Waals surface area contributed by atoms with Crippen LogP contribution in [-0.4, -0.2) is 14.8 Å². The van der Waals surface area contributed by atoms with Crippen LogP contribution in [0.1, 0.15) is 39.3 Å². The van der Waals surface area contributed by atoms with Gasteiger partial charge in [-0.05, 0) is 20.8 Å². The average Bonchev–Trinajstić information content (AvgIpc) is 2.44. The Bertz CT molecular complexity index is 349. The predicted molar refractivity (Wildman–Crippen MR) is 54.1 cm³/mol. The molecule has 1 aromatic heterocycles. The zero-order chi connectivity index (χ0) is 11.9. The lowest BCUT2D eigenvalue weighted by Crippen LogP contribution is -2.29. The molecule has 0 radical (unpaired) electrons. The molecule has 0 atom stereocenters. The summed E-state index contributed by atoms with van der Waals surface area (Å²) in [5, 5.41) is 7.17. The number of rotatable bonds is 2. The highest BCUT2D eigenvalue weighted by atomic mass is 35.5. The van der Waals surface area contributed by atoms with Crippen molar-refractivity contribution in [2.45, 2.75) is 45.0 Å². The monoisotopic (exact) mass is 237 g/mol. The Morgan fingerprint density at radius 3 is 2.07 bits per heavy atom. The highest BCUT2D eigenvalue weighted by Gasteiger charge is 2.36. The maximum atomic E-state index is 13.2. The Labute approximate surface area is 92.4 Å². The Morgan fingerprint density at radius 1 is 1.20 bits per heavy atom. The fourth-order valence-corrected chi connectivity index (χ4v) is 1.57. The zero-order valence-electron chi connectivity index (χ0n) is 9.18. The molecule has 86 valence electrons. The Hall–Kier alpha value is -0.710. The van der Waals surface area contributed by atoms with Gasteiger partial charge in [0.25, 0.3) is 0 Å². The van der Waals surface area contributed by atoms with Gasteiger partial charge in [0.15, 0.2) is 0 Å². The lowest BCUT2D eigenvalue weighted by Gasteiger charge is -2.26. The Morgan fingerprint density at radius 2 is 1.73 bits per heavy atom. The van der Waals surface area contributed by atoms with Crippen molar-refractivity contribution in [1.29, 1.82) is 0 Å². The number of aromatic nitrogens is 3. The molecule has 0 aliphatic heterocycles. The molecule has 0 unspecified atom stereocenters. The first-order valence-corrected chi connectivity index (χ1v) is 5.10. The maximum Gasteiger partial charge on any atom is 0.304 e. The zero-order valence-corrected chi connectivity index (χ0v) is 9.94. The van der Waals surface area contributed by atoms with E-state index in [1.54, 1.807) is 0 Å². The molecule has 1 heterocycles. The molecule has 1 aromatic rings. The van der Waals surface area contributed by atoms with Crippen LogP contribution in [0.5, 0.6) is 0 Å². The standard InChI is InChI=1S/C9H14ClF2N3/c1-8(2,3)15-6(5-10)13-14-7(15)9(4,11)12/h5H2,1-4H3. The van der Waals surface area contributed by atoms with Crippen molar-refractivity contribution in [3.63, 3.8) is 0 Å². The summed E-state index contributed by atoms with van der Waals surface area (Å²) in [5.74, 6) is -2.92. The highest BCUT2D eigenvalue weighted by molar-refractivity contribution is 6.16. The molecule has 0 N–H and O–H groups in total. The van der Waals surface area contributed by atoms with Crippen LogP contribution in [0.3, 0.4) is 0 Å². The summed E-state index contributed by atoms with van der Waals surface area (Å²) in [5.41, 5.74) is -0.511. The normalized spacial score (nSPS) is 13.3. The first-order valence-electron chi connectivity index (χ1n) is 4.57. The second-order valence-electron chi connectivity index (χ2n) is 4.47. The third-order valence-corrected chi connectivity index (χ3v) is 2.15. The maximum absolute atomic E-state index is 13.2. The minimum absolute atomic E-state index is 0.0698. The fraction of sp³-hybridized carbons (Fsp3) is 0.778. The van der Waals surface area contributed by atoms with Gasteiger partial charge in [0.1, 0.15) is 5.82 Å². The van der Waals surface area contributed by atoms with E-state index < -0.39 is 11.5 Å². The van der Waals surface area contributed by atoms with Crippen LogP contribution < -0.4 is 0 Å². The number of hydrogen-bond donors (Lipinski definition) is 0. The molecule has 0 saturated carbocycles. The third-order valence-electron chi connectivity index (χ3n) is 1.91. The van der Waals surface area contributed by atoms with Gasteiger partial charge in [-0.1, -0.05) is 0 Å². The van der Waals surface area contributed by atoms with E-state index in [1.165, 1.54) is 4.57 Å². The molecule has 0 aliphatic rings. The molecule has 0 saturated heterocycles. The first kappa shape index (κ1) is 12.4. The van der Waals surface area contributed by atoms with Crippen molar-refractivity contribution >= 4 is 11.6 Å². The molecule has 3 nitrogen and oxygen atoms in total. The molecule has 6 heteroatoms. The number of alkyl halides is 3. The average molecular weight is 238 g/mol. The van der Waals surface area contributed by atoms with Crippen molar-refractivity contribution in [3.05, 3.63) is 11.6 Å². The molecule has 0 spiro atoms. The lowest BCUT2D eigenvalue weighted by atomic mass is 10.1. The van der Waals surface area contributed by atoms with Crippen molar-refractivity contribution in [3.8, 4) is 0 Å². The quantitative estimate of drug-likeness (QED) is 0.741. The van der Waals surface area contributed by atoms with Gasteiger partial charge in [-0.25, -0.2) is 0 Å². The molecular weight excluding hydrogens is 224 g/mol. The lowest BCUT2D eigenvalue weighted by molar-refractivity contribution is -0.000102. The molecule has 0 aliphatic carbocycles. The third kappa shape index (κ3) is 2.45. The van der Waals surface area contributed by atoms with Crippen LogP contribution in [0.2, 0.25) is 0 Å². The Kier molecular flexibility index (Phi) is 3.05. The van der Waals surface area contributed by atoms with Gasteiger partial charge >= 0.3 is 5.92 Å². The van der Waals surface area contributed by atoms with E-state index in [0.29, 0.717) is 5.82 Å². The van der Waals surface area contributed by atoms with Gasteiger partial charge in [-0.15, -0.1) is 21.8 Å². The van der Waals surface area contributed by atoms with Gasteiger partial charge in [-0.2, -0.15) is 8.78 Å². The van der Waals surface area contributed by atoms with E-state index >= 15 is 0 Å². The second kappa shape index (κ2) is 3.70. The van der Waals surface area contributed by atoms with E-state index in [4.69, 9.17) is 11.6 Å². The van der Waals surface area contributed by atoms with Gasteiger partial charge in [-0.3, -0.25) is 0 Å². The summed E-state index contributed by atoms with van der Waals surface area (Å²) in [6.07, 6.45) is 0. The molecule has 0 fully saturated rings. The van der Waals surface area contributed by atoms with Crippen molar-refractivity contribution < 1.29 is 8.78 Å². The molecule has 1 rings (SSSR count). The molecule has 0 amide bonds. The summed E-state index contributed by atoms with van der Waals surface area (Å²) in [7, 11) is 0. The van der Waals surface area contributed by atoms with E-state index in [2.05, 4.69) is 10.2 Å². The van der Waals surface area contributed by atoms with Crippen LogP contribution in [-0.2, 0) is 17.3 Å². The molecular formula is C9H14ClF2N3. The number of halogens is 3. The fourth-order valence-electron chi connectivity index (χ4n) is 1.39. The summed E-state index contributed by atoms with van der Waals surface area (Å²) < 4.78 is 27.8. The van der Waals surface area contributed by atoms with Gasteiger partial charge in [0, 0.05) is 12.5 Å². The number of hydrogen-bond acceptors (Lipinski definition) is 2. The first-order chi connectivity index (χ1) is 6.68. The summed E-state index contributed by atoms with van der Waals surface area (Å²) >= 11 is 5.63. The van der Waals surface area contributed by atoms with Crippen LogP contribution in [0.4, 0.5) is 8.78 Å². The SMILES string of the molecule is CC(F)(F)c1nnc(CCl)n1C(C)(C)C. The van der Waals surface area contributed by atoms with E-state index in [9.17, 15) is 8.78 Å². The minimum Gasteiger partial charge on any atom is -0.304 e. The molecule has 0 bridgehead atoms. The van der Waals surface area contributed by atoms with Crippen LogP contribution >= 0.6 is 11.6 Å². The topological polar surface area (TPSA) is 30.7 Å². The van der Waals surface area contributed by atoms with E-state index in [0.717, 1.165) is 6.92 Å². The van der Waals surface area contributed by atoms with E-state index in [-0.39, 0.29) is 11.7 Å². The minimum atomic E-state index is -3.01. The van der Waals surface area contributed by atoms with Crippen LogP contribution in [0, 0.1) is 0 Å². The predicted octanol–water partition coefficient (Wildman–Crippen LogP) is 2.88. The van der Waals surface area contributed by atoms with Gasteiger partial charge < -0.3 is 4.57 Å². The van der Waals surface area contributed by atoms with Crippen molar-refractivity contribution in [1.82, 2.24) is 14.8 Å². The second-order valence-corrected chi connectivity index (χ2v) is 4.74. The number of nitrogens with zero attached hydrogens (tertiary/aromatic N) is 3. The van der Waals surface area contributed by atoms with Crippen LogP contribution in [0.25, 0.3) is 0 Å². The van der Waals surface area contributed by atoms with E-state index in [1.807, 2.05) is 20.8 Å². The van der Waals surface area contributed by atoms with Gasteiger partial charge in [0.2, 0.25) is 5.82 Å². The van der Waals surface area contributed by atoms with Crippen molar-refractivity contribution in [2.75, 3.05) is 0 Å². The summed E-state index contributed by atoms with van der Waals surface area (Å²) in [6, 6.07) is 0.